The Morgan fingerprint density at radius 2 is 1.62 bits per heavy atom. The van der Waals surface area contributed by atoms with Crippen molar-refractivity contribution >= 4 is 58.4 Å². The van der Waals surface area contributed by atoms with Gasteiger partial charge in [0.25, 0.3) is 0 Å². The summed E-state index contributed by atoms with van der Waals surface area (Å²) in [7, 11) is 0. The average Bonchev–Trinajstić information content (AvgIpc) is 3.02. The Balaban J connectivity index is 2.15. The molecule has 1 heterocycles. The highest BCUT2D eigenvalue weighted by Crippen LogP contribution is 2.31. The molecule has 0 unspecified atom stereocenters. The van der Waals surface area contributed by atoms with Crippen LogP contribution in [0.1, 0.15) is 5.56 Å². The molecule has 0 saturated carbocycles. The largest absolute Gasteiger partial charge is 0.478 e. The Morgan fingerprint density at radius 1 is 0.962 bits per heavy atom. The fourth-order valence-corrected chi connectivity index (χ4v) is 2.89. The van der Waals surface area contributed by atoms with E-state index in [0.717, 1.165) is 6.08 Å². The zero-order valence-corrected chi connectivity index (χ0v) is 16.0. The standard InChI is InChI=1S/C18H10Cl4N2O2/c19-13-4-1-10(7-15(13)21)18-11(2-6-17(25)26)9-24(23-18)12-3-5-14(20)16(22)8-12/h1-9H,(H,25,26)/b6-2+. The van der Waals surface area contributed by atoms with Gasteiger partial charge in [-0.3, -0.25) is 0 Å². The monoisotopic (exact) mass is 426 g/mol. The van der Waals surface area contributed by atoms with E-state index in [0.29, 0.717) is 42.6 Å². The fourth-order valence-electron chi connectivity index (χ4n) is 2.30. The van der Waals surface area contributed by atoms with Crippen LogP contribution in [0.5, 0.6) is 0 Å². The van der Waals surface area contributed by atoms with Gasteiger partial charge in [-0.2, -0.15) is 5.10 Å². The molecule has 8 heteroatoms. The van der Waals surface area contributed by atoms with Crippen molar-refractivity contribution in [2.75, 3.05) is 0 Å². The number of aliphatic carboxylic acids is 1. The SMILES string of the molecule is O=C(O)/C=C/c1cn(-c2ccc(Cl)c(Cl)c2)nc1-c1ccc(Cl)c(Cl)c1. The lowest BCUT2D eigenvalue weighted by Crippen LogP contribution is -1.94. The Hall–Kier alpha value is -1.98. The highest BCUT2D eigenvalue weighted by atomic mass is 35.5. The Bertz CT molecular complexity index is 1030. The van der Waals surface area contributed by atoms with E-state index in [1.807, 2.05) is 0 Å². The Labute approximate surface area is 169 Å². The van der Waals surface area contributed by atoms with Crippen LogP contribution in [0.4, 0.5) is 0 Å². The van der Waals surface area contributed by atoms with Crippen LogP contribution in [-0.4, -0.2) is 20.9 Å². The zero-order valence-electron chi connectivity index (χ0n) is 13.0. The van der Waals surface area contributed by atoms with Crippen molar-refractivity contribution in [3.05, 3.63) is 74.3 Å². The molecule has 0 spiro atoms. The molecule has 0 fully saturated rings. The predicted octanol–water partition coefficient (Wildman–Crippen LogP) is 6.25. The molecule has 1 aromatic heterocycles. The number of hydrogen-bond donors (Lipinski definition) is 1. The van der Waals surface area contributed by atoms with Crippen LogP contribution in [0.3, 0.4) is 0 Å². The van der Waals surface area contributed by atoms with Gasteiger partial charge in [0, 0.05) is 23.4 Å². The van der Waals surface area contributed by atoms with Gasteiger partial charge in [0.1, 0.15) is 5.69 Å². The molecule has 3 rings (SSSR count). The van der Waals surface area contributed by atoms with Gasteiger partial charge in [0.15, 0.2) is 0 Å². The summed E-state index contributed by atoms with van der Waals surface area (Å²) in [6.07, 6.45) is 4.19. The summed E-state index contributed by atoms with van der Waals surface area (Å²) in [6.45, 7) is 0. The van der Waals surface area contributed by atoms with Crippen LogP contribution in [0.15, 0.2) is 48.7 Å². The second-order valence-corrected chi connectivity index (χ2v) is 6.91. The highest BCUT2D eigenvalue weighted by Gasteiger charge is 2.13. The lowest BCUT2D eigenvalue weighted by molar-refractivity contribution is -0.131. The summed E-state index contributed by atoms with van der Waals surface area (Å²) in [5.74, 6) is -1.06. The van der Waals surface area contributed by atoms with Crippen molar-refractivity contribution in [3.63, 3.8) is 0 Å². The molecule has 0 atom stereocenters. The zero-order chi connectivity index (χ0) is 18.8. The predicted molar refractivity (Wildman–Crippen MR) is 106 cm³/mol. The molecule has 0 saturated heterocycles. The van der Waals surface area contributed by atoms with E-state index in [2.05, 4.69) is 5.10 Å². The molecule has 4 nitrogen and oxygen atoms in total. The van der Waals surface area contributed by atoms with Gasteiger partial charge in [-0.25, -0.2) is 9.48 Å². The van der Waals surface area contributed by atoms with E-state index in [9.17, 15) is 4.79 Å². The van der Waals surface area contributed by atoms with Crippen molar-refractivity contribution in [2.24, 2.45) is 0 Å². The molecule has 2 aromatic carbocycles. The van der Waals surface area contributed by atoms with E-state index in [1.54, 1.807) is 47.3 Å². The molecule has 0 aliphatic heterocycles. The molecule has 0 aliphatic rings. The number of carboxylic acid groups (broad SMARTS) is 1. The molecule has 0 bridgehead atoms. The summed E-state index contributed by atoms with van der Waals surface area (Å²) in [4.78, 5) is 10.9. The maximum atomic E-state index is 10.9. The maximum absolute atomic E-state index is 10.9. The first-order valence-corrected chi connectivity index (χ1v) is 8.78. The number of carbonyl (C=O) groups is 1. The molecular formula is C18H10Cl4N2O2. The molecule has 0 amide bonds. The Morgan fingerprint density at radius 3 is 2.23 bits per heavy atom. The number of hydrogen-bond acceptors (Lipinski definition) is 2. The fraction of sp³-hybridized carbons (Fsp3) is 0. The second kappa shape index (κ2) is 7.72. The van der Waals surface area contributed by atoms with Crippen LogP contribution in [0, 0.1) is 0 Å². The molecule has 26 heavy (non-hydrogen) atoms. The minimum atomic E-state index is -1.06. The quantitative estimate of drug-likeness (QED) is 0.500. The molecule has 0 aliphatic carbocycles. The summed E-state index contributed by atoms with van der Waals surface area (Å²) < 4.78 is 1.58. The third kappa shape index (κ3) is 4.05. The summed E-state index contributed by atoms with van der Waals surface area (Å²) in [5, 5.41) is 15.1. The first-order valence-electron chi connectivity index (χ1n) is 7.26. The number of carboxylic acids is 1. The van der Waals surface area contributed by atoms with Gasteiger partial charge in [0.05, 0.1) is 25.8 Å². The van der Waals surface area contributed by atoms with Gasteiger partial charge in [-0.05, 0) is 36.4 Å². The third-order valence-electron chi connectivity index (χ3n) is 3.51. The van der Waals surface area contributed by atoms with Gasteiger partial charge >= 0.3 is 5.97 Å². The van der Waals surface area contributed by atoms with Crippen LogP contribution in [0.2, 0.25) is 20.1 Å². The summed E-state index contributed by atoms with van der Waals surface area (Å²) in [6, 6.07) is 10.2. The molecular weight excluding hydrogens is 418 g/mol. The van der Waals surface area contributed by atoms with Crippen molar-refractivity contribution in [1.82, 2.24) is 9.78 Å². The van der Waals surface area contributed by atoms with E-state index in [1.165, 1.54) is 6.08 Å². The molecule has 0 radical (unpaired) electrons. The number of nitrogens with zero attached hydrogens (tertiary/aromatic N) is 2. The van der Waals surface area contributed by atoms with Gasteiger partial charge in [0.2, 0.25) is 0 Å². The number of rotatable bonds is 4. The van der Waals surface area contributed by atoms with Crippen molar-refractivity contribution < 1.29 is 9.90 Å². The van der Waals surface area contributed by atoms with E-state index < -0.39 is 5.97 Å². The van der Waals surface area contributed by atoms with Crippen molar-refractivity contribution in [1.29, 1.82) is 0 Å². The van der Waals surface area contributed by atoms with Crippen LogP contribution < -0.4 is 0 Å². The number of benzene rings is 2. The summed E-state index contributed by atoms with van der Waals surface area (Å²) >= 11 is 24.1. The molecule has 3 aromatic rings. The topological polar surface area (TPSA) is 55.1 Å². The van der Waals surface area contributed by atoms with E-state index in [-0.39, 0.29) is 0 Å². The van der Waals surface area contributed by atoms with Gasteiger partial charge < -0.3 is 5.11 Å². The van der Waals surface area contributed by atoms with Crippen LogP contribution >= 0.6 is 46.4 Å². The van der Waals surface area contributed by atoms with Crippen LogP contribution in [0.25, 0.3) is 23.0 Å². The Kier molecular flexibility index (Phi) is 5.58. The number of halogens is 4. The van der Waals surface area contributed by atoms with Crippen molar-refractivity contribution in [2.45, 2.75) is 0 Å². The van der Waals surface area contributed by atoms with Crippen molar-refractivity contribution in [3.8, 4) is 16.9 Å². The van der Waals surface area contributed by atoms with E-state index >= 15 is 0 Å². The smallest absolute Gasteiger partial charge is 0.328 e. The normalized spacial score (nSPS) is 11.2. The third-order valence-corrected chi connectivity index (χ3v) is 4.99. The highest BCUT2D eigenvalue weighted by molar-refractivity contribution is 6.42. The second-order valence-electron chi connectivity index (χ2n) is 5.28. The minimum absolute atomic E-state index is 0.376. The lowest BCUT2D eigenvalue weighted by Gasteiger charge is -2.03. The lowest BCUT2D eigenvalue weighted by atomic mass is 10.1. The number of aromatic nitrogens is 2. The minimum Gasteiger partial charge on any atom is -0.478 e. The molecule has 1 N–H and O–H groups in total. The first kappa shape index (κ1) is 18.8. The van der Waals surface area contributed by atoms with Gasteiger partial charge in [-0.15, -0.1) is 0 Å². The molecule has 132 valence electrons. The average molecular weight is 428 g/mol. The van der Waals surface area contributed by atoms with Crippen LogP contribution in [-0.2, 0) is 4.79 Å². The van der Waals surface area contributed by atoms with E-state index in [4.69, 9.17) is 51.5 Å². The maximum Gasteiger partial charge on any atom is 0.328 e. The summed E-state index contributed by atoms with van der Waals surface area (Å²) in [5.41, 5.74) is 2.52. The first-order chi connectivity index (χ1) is 12.3. The van der Waals surface area contributed by atoms with Gasteiger partial charge in [-0.1, -0.05) is 52.5 Å².